The Kier molecular flexibility index (Phi) is 13.4. The third-order valence-corrected chi connectivity index (χ3v) is 3.11. The summed E-state index contributed by atoms with van der Waals surface area (Å²) in [6.07, 6.45) is 9.59. The molecule has 0 radical (unpaired) electrons. The molecular weight excluding hydrogens is 240 g/mol. The number of esters is 1. The molecule has 0 heterocycles. The van der Waals surface area contributed by atoms with Crippen molar-refractivity contribution < 1.29 is 14.3 Å². The molecule has 1 atom stereocenters. The van der Waals surface area contributed by atoms with Crippen LogP contribution in [0.1, 0.15) is 72.1 Å². The molecule has 0 N–H and O–H groups in total. The Hall–Kier alpha value is -0.570. The summed E-state index contributed by atoms with van der Waals surface area (Å²) in [4.78, 5) is 11.0. The Morgan fingerprint density at radius 2 is 1.58 bits per heavy atom. The largest absolute Gasteiger partial charge is 0.465 e. The lowest BCUT2D eigenvalue weighted by molar-refractivity contribution is -0.145. The van der Waals surface area contributed by atoms with Crippen LogP contribution < -0.4 is 0 Å². The summed E-state index contributed by atoms with van der Waals surface area (Å²) in [5.41, 5.74) is 0. The molecule has 0 bridgehead atoms. The molecule has 0 aliphatic rings. The molecule has 1 unspecified atom stereocenters. The van der Waals surface area contributed by atoms with Gasteiger partial charge in [0.1, 0.15) is 0 Å². The lowest BCUT2D eigenvalue weighted by Crippen LogP contribution is -2.16. The minimum absolute atomic E-state index is 0.126. The average molecular weight is 272 g/mol. The fourth-order valence-electron chi connectivity index (χ4n) is 1.83. The zero-order valence-electron chi connectivity index (χ0n) is 13.1. The van der Waals surface area contributed by atoms with Gasteiger partial charge >= 0.3 is 5.97 Å². The normalized spacial score (nSPS) is 12.4. The summed E-state index contributed by atoms with van der Waals surface area (Å²) in [5.74, 6) is 0.166. The first kappa shape index (κ1) is 18.4. The van der Waals surface area contributed by atoms with Crippen molar-refractivity contribution in [2.75, 3.05) is 19.8 Å². The maximum absolute atomic E-state index is 11.0. The molecule has 0 saturated heterocycles. The van der Waals surface area contributed by atoms with Crippen LogP contribution in [0.4, 0.5) is 0 Å². The number of carbonyl (C=O) groups is 1. The second kappa shape index (κ2) is 13.9. The van der Waals surface area contributed by atoms with Crippen LogP contribution in [0.2, 0.25) is 0 Å². The molecule has 114 valence electrons. The summed E-state index contributed by atoms with van der Waals surface area (Å²) < 4.78 is 10.7. The van der Waals surface area contributed by atoms with Gasteiger partial charge in [0.25, 0.3) is 0 Å². The van der Waals surface area contributed by atoms with Crippen LogP contribution in [0.25, 0.3) is 0 Å². The number of ether oxygens (including phenoxy) is 2. The number of hydrogen-bond donors (Lipinski definition) is 0. The first-order valence-corrected chi connectivity index (χ1v) is 7.94. The van der Waals surface area contributed by atoms with Crippen LogP contribution in [0.3, 0.4) is 0 Å². The van der Waals surface area contributed by atoms with Crippen LogP contribution in [0.15, 0.2) is 0 Å². The zero-order valence-corrected chi connectivity index (χ0v) is 13.1. The van der Waals surface area contributed by atoms with E-state index < -0.39 is 0 Å². The van der Waals surface area contributed by atoms with E-state index in [1.165, 1.54) is 38.5 Å². The SMILES string of the molecule is CCCCCCCCCOCC(C)COC(=O)CC. The first-order chi connectivity index (χ1) is 9.20. The van der Waals surface area contributed by atoms with Crippen LogP contribution in [0.5, 0.6) is 0 Å². The predicted molar refractivity (Wildman–Crippen MR) is 79.2 cm³/mol. The summed E-state index contributed by atoms with van der Waals surface area (Å²) >= 11 is 0. The Bertz CT molecular complexity index is 204. The zero-order chi connectivity index (χ0) is 14.3. The number of carbonyl (C=O) groups excluding carboxylic acids is 1. The molecule has 19 heavy (non-hydrogen) atoms. The third kappa shape index (κ3) is 13.7. The fraction of sp³-hybridized carbons (Fsp3) is 0.938. The molecule has 0 aromatic rings. The van der Waals surface area contributed by atoms with E-state index in [1.807, 2.05) is 13.8 Å². The van der Waals surface area contributed by atoms with Crippen molar-refractivity contribution in [3.63, 3.8) is 0 Å². The molecule has 0 aromatic carbocycles. The van der Waals surface area contributed by atoms with Gasteiger partial charge in [0.2, 0.25) is 0 Å². The smallest absolute Gasteiger partial charge is 0.305 e. The monoisotopic (exact) mass is 272 g/mol. The number of hydrogen-bond acceptors (Lipinski definition) is 3. The van der Waals surface area contributed by atoms with E-state index in [-0.39, 0.29) is 5.97 Å². The van der Waals surface area contributed by atoms with Crippen molar-refractivity contribution in [1.82, 2.24) is 0 Å². The van der Waals surface area contributed by atoms with Gasteiger partial charge in [0, 0.05) is 18.9 Å². The van der Waals surface area contributed by atoms with Crippen molar-refractivity contribution in [3.05, 3.63) is 0 Å². The summed E-state index contributed by atoms with van der Waals surface area (Å²) in [5, 5.41) is 0. The summed E-state index contributed by atoms with van der Waals surface area (Å²) in [6, 6.07) is 0. The standard InChI is InChI=1S/C16H32O3/c1-4-6-7-8-9-10-11-12-18-13-15(3)14-19-16(17)5-2/h15H,4-14H2,1-3H3. The van der Waals surface area contributed by atoms with Crippen LogP contribution in [0, 0.1) is 5.92 Å². The number of unbranched alkanes of at least 4 members (excludes halogenated alkanes) is 6. The van der Waals surface area contributed by atoms with E-state index >= 15 is 0 Å². The Labute approximate surface area is 119 Å². The highest BCUT2D eigenvalue weighted by Crippen LogP contribution is 2.07. The number of rotatable bonds is 13. The highest BCUT2D eigenvalue weighted by molar-refractivity contribution is 5.68. The van der Waals surface area contributed by atoms with Crippen LogP contribution in [-0.2, 0) is 14.3 Å². The maximum Gasteiger partial charge on any atom is 0.305 e. The molecule has 3 nitrogen and oxygen atoms in total. The minimum Gasteiger partial charge on any atom is -0.465 e. The molecule has 0 aliphatic carbocycles. The summed E-state index contributed by atoms with van der Waals surface area (Å²) in [6.45, 7) is 8.10. The van der Waals surface area contributed by atoms with Crippen molar-refractivity contribution in [2.24, 2.45) is 5.92 Å². The topological polar surface area (TPSA) is 35.5 Å². The third-order valence-electron chi connectivity index (χ3n) is 3.11. The first-order valence-electron chi connectivity index (χ1n) is 7.94. The average Bonchev–Trinajstić information content (AvgIpc) is 2.42. The Morgan fingerprint density at radius 3 is 2.21 bits per heavy atom. The van der Waals surface area contributed by atoms with Gasteiger partial charge in [-0.15, -0.1) is 0 Å². The van der Waals surface area contributed by atoms with E-state index in [0.29, 0.717) is 25.6 Å². The van der Waals surface area contributed by atoms with E-state index in [1.54, 1.807) is 0 Å². The summed E-state index contributed by atoms with van der Waals surface area (Å²) in [7, 11) is 0. The maximum atomic E-state index is 11.0. The van der Waals surface area contributed by atoms with Gasteiger partial charge in [0.15, 0.2) is 0 Å². The van der Waals surface area contributed by atoms with E-state index in [4.69, 9.17) is 9.47 Å². The van der Waals surface area contributed by atoms with Gasteiger partial charge in [-0.25, -0.2) is 0 Å². The van der Waals surface area contributed by atoms with Crippen LogP contribution in [-0.4, -0.2) is 25.8 Å². The lowest BCUT2D eigenvalue weighted by Gasteiger charge is -2.12. The van der Waals surface area contributed by atoms with Gasteiger partial charge in [0.05, 0.1) is 13.2 Å². The van der Waals surface area contributed by atoms with Gasteiger partial charge in [-0.05, 0) is 6.42 Å². The van der Waals surface area contributed by atoms with Crippen molar-refractivity contribution in [2.45, 2.75) is 72.1 Å². The van der Waals surface area contributed by atoms with Gasteiger partial charge in [-0.1, -0.05) is 59.3 Å². The Balaban J connectivity index is 3.18. The van der Waals surface area contributed by atoms with Crippen molar-refractivity contribution in [3.8, 4) is 0 Å². The van der Waals surface area contributed by atoms with Gasteiger partial charge in [-0.3, -0.25) is 4.79 Å². The molecule has 0 aliphatic heterocycles. The minimum atomic E-state index is -0.126. The molecule has 0 aromatic heterocycles. The molecule has 0 amide bonds. The quantitative estimate of drug-likeness (QED) is 0.369. The molecule has 0 fully saturated rings. The molecule has 0 saturated carbocycles. The molecular formula is C16H32O3. The highest BCUT2D eigenvalue weighted by Gasteiger charge is 2.05. The van der Waals surface area contributed by atoms with Crippen LogP contribution >= 0.6 is 0 Å². The highest BCUT2D eigenvalue weighted by atomic mass is 16.5. The van der Waals surface area contributed by atoms with Gasteiger partial charge < -0.3 is 9.47 Å². The lowest BCUT2D eigenvalue weighted by atomic mass is 10.1. The molecule has 0 rings (SSSR count). The van der Waals surface area contributed by atoms with E-state index in [2.05, 4.69) is 6.92 Å². The molecule has 3 heteroatoms. The van der Waals surface area contributed by atoms with E-state index in [0.717, 1.165) is 13.0 Å². The van der Waals surface area contributed by atoms with Crippen molar-refractivity contribution >= 4 is 5.97 Å². The second-order valence-electron chi connectivity index (χ2n) is 5.34. The predicted octanol–water partition coefficient (Wildman–Crippen LogP) is 4.34. The molecule has 0 spiro atoms. The van der Waals surface area contributed by atoms with Gasteiger partial charge in [-0.2, -0.15) is 0 Å². The Morgan fingerprint density at radius 1 is 0.947 bits per heavy atom. The van der Waals surface area contributed by atoms with E-state index in [9.17, 15) is 4.79 Å². The fourth-order valence-corrected chi connectivity index (χ4v) is 1.83. The second-order valence-corrected chi connectivity index (χ2v) is 5.34. The van der Waals surface area contributed by atoms with Crippen molar-refractivity contribution in [1.29, 1.82) is 0 Å².